The third-order valence-corrected chi connectivity index (χ3v) is 5.64. The SMILES string of the molecule is CC(C)(C)OC(=O)N1CCCNCC1C1=NC=C(c2ccc3ccccc3c2)CC1. The second-order valence-corrected chi connectivity index (χ2v) is 9.08. The molecule has 1 atom stereocenters. The van der Waals surface area contributed by atoms with Crippen molar-refractivity contribution in [2.24, 2.45) is 4.99 Å². The van der Waals surface area contributed by atoms with Crippen molar-refractivity contribution in [1.29, 1.82) is 0 Å². The Bertz CT molecular complexity index is 987. The fourth-order valence-corrected chi connectivity index (χ4v) is 4.13. The second-order valence-electron chi connectivity index (χ2n) is 9.08. The van der Waals surface area contributed by atoms with Gasteiger partial charge in [-0.05, 0) is 74.6 Å². The third-order valence-electron chi connectivity index (χ3n) is 5.64. The van der Waals surface area contributed by atoms with E-state index in [4.69, 9.17) is 9.73 Å². The molecule has 5 nitrogen and oxygen atoms in total. The van der Waals surface area contributed by atoms with Crippen LogP contribution in [-0.2, 0) is 4.74 Å². The highest BCUT2D eigenvalue weighted by atomic mass is 16.6. The summed E-state index contributed by atoms with van der Waals surface area (Å²) in [4.78, 5) is 19.5. The first-order chi connectivity index (χ1) is 14.4. The summed E-state index contributed by atoms with van der Waals surface area (Å²) in [5.41, 5.74) is 3.02. The van der Waals surface area contributed by atoms with Gasteiger partial charge in [-0.25, -0.2) is 4.79 Å². The van der Waals surface area contributed by atoms with Gasteiger partial charge in [-0.3, -0.25) is 9.89 Å². The van der Waals surface area contributed by atoms with Crippen molar-refractivity contribution < 1.29 is 9.53 Å². The average molecular weight is 406 g/mol. The molecule has 0 aliphatic carbocycles. The van der Waals surface area contributed by atoms with Crippen molar-refractivity contribution in [2.45, 2.75) is 51.7 Å². The molecule has 0 spiro atoms. The normalized spacial score (nSPS) is 20.4. The van der Waals surface area contributed by atoms with Crippen LogP contribution in [-0.4, -0.2) is 48.0 Å². The summed E-state index contributed by atoms with van der Waals surface area (Å²) in [6.45, 7) is 8.04. The second kappa shape index (κ2) is 8.60. The molecular formula is C25H31N3O2. The number of carbonyl (C=O) groups excluding carboxylic acids is 1. The molecule has 30 heavy (non-hydrogen) atoms. The predicted octanol–water partition coefficient (Wildman–Crippen LogP) is 5.01. The van der Waals surface area contributed by atoms with E-state index in [2.05, 4.69) is 47.8 Å². The molecule has 2 aromatic carbocycles. The molecule has 158 valence electrons. The van der Waals surface area contributed by atoms with E-state index in [1.165, 1.54) is 21.9 Å². The molecular weight excluding hydrogens is 374 g/mol. The number of hydrogen-bond donors (Lipinski definition) is 1. The summed E-state index contributed by atoms with van der Waals surface area (Å²) in [6, 6.07) is 14.9. The van der Waals surface area contributed by atoms with Gasteiger partial charge in [0.25, 0.3) is 0 Å². The van der Waals surface area contributed by atoms with Gasteiger partial charge in [-0.2, -0.15) is 0 Å². The summed E-state index contributed by atoms with van der Waals surface area (Å²) in [5, 5.41) is 5.95. The van der Waals surface area contributed by atoms with Crippen LogP contribution in [0.5, 0.6) is 0 Å². The number of nitrogens with zero attached hydrogens (tertiary/aromatic N) is 2. The van der Waals surface area contributed by atoms with Gasteiger partial charge in [-0.15, -0.1) is 0 Å². The van der Waals surface area contributed by atoms with Crippen molar-refractivity contribution in [3.05, 3.63) is 54.2 Å². The van der Waals surface area contributed by atoms with Crippen molar-refractivity contribution in [2.75, 3.05) is 19.6 Å². The van der Waals surface area contributed by atoms with E-state index < -0.39 is 5.60 Å². The Morgan fingerprint density at radius 2 is 1.93 bits per heavy atom. The third kappa shape index (κ3) is 4.73. The minimum atomic E-state index is -0.501. The van der Waals surface area contributed by atoms with E-state index in [1.807, 2.05) is 31.9 Å². The Morgan fingerprint density at radius 1 is 1.13 bits per heavy atom. The minimum Gasteiger partial charge on any atom is -0.444 e. The fourth-order valence-electron chi connectivity index (χ4n) is 4.13. The first-order valence-electron chi connectivity index (χ1n) is 10.9. The molecule has 1 amide bonds. The van der Waals surface area contributed by atoms with E-state index in [9.17, 15) is 4.79 Å². The molecule has 0 saturated carbocycles. The van der Waals surface area contributed by atoms with Crippen molar-refractivity contribution >= 4 is 28.2 Å². The molecule has 1 N–H and O–H groups in total. The Hall–Kier alpha value is -2.66. The molecule has 5 heteroatoms. The van der Waals surface area contributed by atoms with Crippen LogP contribution in [0.2, 0.25) is 0 Å². The number of allylic oxidation sites excluding steroid dienone is 1. The zero-order chi connectivity index (χ0) is 21.1. The topological polar surface area (TPSA) is 53.9 Å². The van der Waals surface area contributed by atoms with Crippen LogP contribution in [0.15, 0.2) is 53.7 Å². The van der Waals surface area contributed by atoms with Gasteiger partial charge < -0.3 is 10.1 Å². The molecule has 1 saturated heterocycles. The molecule has 2 aliphatic heterocycles. The molecule has 2 aliphatic rings. The van der Waals surface area contributed by atoms with Crippen LogP contribution >= 0.6 is 0 Å². The van der Waals surface area contributed by atoms with E-state index in [1.54, 1.807) is 0 Å². The maximum absolute atomic E-state index is 12.8. The van der Waals surface area contributed by atoms with E-state index in [-0.39, 0.29) is 12.1 Å². The Balaban J connectivity index is 1.57. The predicted molar refractivity (Wildman–Crippen MR) is 123 cm³/mol. The molecule has 2 aromatic rings. The van der Waals surface area contributed by atoms with Crippen LogP contribution < -0.4 is 5.32 Å². The van der Waals surface area contributed by atoms with Crippen molar-refractivity contribution in [3.8, 4) is 0 Å². The molecule has 1 fully saturated rings. The molecule has 2 heterocycles. The van der Waals surface area contributed by atoms with Crippen LogP contribution in [0.3, 0.4) is 0 Å². The summed E-state index contributed by atoms with van der Waals surface area (Å²) >= 11 is 0. The number of hydrogen-bond acceptors (Lipinski definition) is 4. The summed E-state index contributed by atoms with van der Waals surface area (Å²) in [7, 11) is 0. The van der Waals surface area contributed by atoms with Crippen molar-refractivity contribution in [3.63, 3.8) is 0 Å². The lowest BCUT2D eigenvalue weighted by atomic mass is 9.94. The van der Waals surface area contributed by atoms with Crippen LogP contribution in [0, 0.1) is 0 Å². The van der Waals surface area contributed by atoms with E-state index in [0.717, 1.165) is 38.1 Å². The zero-order valence-electron chi connectivity index (χ0n) is 18.1. The van der Waals surface area contributed by atoms with Crippen LogP contribution in [0.25, 0.3) is 16.3 Å². The lowest BCUT2D eigenvalue weighted by Gasteiger charge is -2.33. The number of fused-ring (bicyclic) bond motifs is 1. The fraction of sp³-hybridized carbons (Fsp3) is 0.440. The number of ether oxygens (including phenoxy) is 1. The van der Waals surface area contributed by atoms with Gasteiger partial charge in [0.05, 0.1) is 6.04 Å². The summed E-state index contributed by atoms with van der Waals surface area (Å²) in [6.07, 6.45) is 4.44. The van der Waals surface area contributed by atoms with Gasteiger partial charge >= 0.3 is 6.09 Å². The maximum atomic E-state index is 12.8. The van der Waals surface area contributed by atoms with E-state index >= 15 is 0 Å². The summed E-state index contributed by atoms with van der Waals surface area (Å²) in [5.74, 6) is 0. The smallest absolute Gasteiger partial charge is 0.410 e. The molecule has 0 bridgehead atoms. The highest BCUT2D eigenvalue weighted by Crippen LogP contribution is 2.28. The van der Waals surface area contributed by atoms with E-state index in [0.29, 0.717) is 6.54 Å². The van der Waals surface area contributed by atoms with Gasteiger partial charge in [-0.1, -0.05) is 36.4 Å². The Labute approximate surface area is 178 Å². The molecule has 1 unspecified atom stereocenters. The van der Waals surface area contributed by atoms with Gasteiger partial charge in [0.1, 0.15) is 5.60 Å². The van der Waals surface area contributed by atoms with Gasteiger partial charge in [0.2, 0.25) is 0 Å². The quantitative estimate of drug-likeness (QED) is 0.764. The van der Waals surface area contributed by atoms with Crippen molar-refractivity contribution in [1.82, 2.24) is 10.2 Å². The Kier molecular flexibility index (Phi) is 5.91. The lowest BCUT2D eigenvalue weighted by molar-refractivity contribution is 0.0225. The van der Waals surface area contributed by atoms with Crippen LogP contribution in [0.1, 0.15) is 45.6 Å². The number of aliphatic imine (C=N–C) groups is 1. The number of rotatable bonds is 2. The number of benzene rings is 2. The molecule has 4 rings (SSSR count). The van der Waals surface area contributed by atoms with Gasteiger partial charge in [0.15, 0.2) is 0 Å². The summed E-state index contributed by atoms with van der Waals surface area (Å²) < 4.78 is 5.67. The first-order valence-corrected chi connectivity index (χ1v) is 10.9. The highest BCUT2D eigenvalue weighted by Gasteiger charge is 2.33. The zero-order valence-corrected chi connectivity index (χ0v) is 18.1. The number of nitrogens with one attached hydrogen (secondary N) is 1. The van der Waals surface area contributed by atoms with Crippen LogP contribution in [0.4, 0.5) is 4.79 Å². The largest absolute Gasteiger partial charge is 0.444 e. The first kappa shape index (κ1) is 20.6. The number of amides is 1. The molecule has 0 aromatic heterocycles. The monoisotopic (exact) mass is 405 g/mol. The Morgan fingerprint density at radius 3 is 2.67 bits per heavy atom. The standard InChI is InChI=1S/C25H31N3O2/c1-25(2,3)30-24(29)28-14-6-13-26-17-23(28)22-12-11-21(16-27-22)20-10-9-18-7-4-5-8-19(18)15-20/h4-5,7-10,15-16,23,26H,6,11-14,17H2,1-3H3. The lowest BCUT2D eigenvalue weighted by Crippen LogP contribution is -2.50. The number of carbonyl (C=O) groups is 1. The maximum Gasteiger partial charge on any atom is 0.410 e. The molecule has 0 radical (unpaired) electrons. The highest BCUT2D eigenvalue weighted by molar-refractivity contribution is 5.96. The van der Waals surface area contributed by atoms with Gasteiger partial charge in [0, 0.05) is 25.0 Å². The minimum absolute atomic E-state index is 0.0586. The average Bonchev–Trinajstić information content (AvgIpc) is 2.98.